The molecule has 20 heavy (non-hydrogen) atoms. The van der Waals surface area contributed by atoms with Gasteiger partial charge in [0.05, 0.1) is 18.8 Å². The standard InChI is InChI=1S/C15H23N3O2/c1-12-10-13(2)18-15(14(12)11-16)17-6-4-5-7-20-9-8-19-3/h10H,4-9H2,1-3H3,(H,17,18). The average molecular weight is 277 g/mol. The highest BCUT2D eigenvalue weighted by Crippen LogP contribution is 2.17. The summed E-state index contributed by atoms with van der Waals surface area (Å²) in [6.45, 7) is 6.66. The molecular formula is C15H23N3O2. The topological polar surface area (TPSA) is 67.2 Å². The zero-order valence-electron chi connectivity index (χ0n) is 12.5. The first-order valence-corrected chi connectivity index (χ1v) is 6.88. The van der Waals surface area contributed by atoms with Crippen molar-refractivity contribution in [2.45, 2.75) is 26.7 Å². The summed E-state index contributed by atoms with van der Waals surface area (Å²) in [6, 6.07) is 4.13. The second-order valence-electron chi connectivity index (χ2n) is 4.66. The van der Waals surface area contributed by atoms with Gasteiger partial charge < -0.3 is 14.8 Å². The third-order valence-corrected chi connectivity index (χ3v) is 2.90. The summed E-state index contributed by atoms with van der Waals surface area (Å²) in [4.78, 5) is 4.38. The van der Waals surface area contributed by atoms with Crippen molar-refractivity contribution >= 4 is 5.82 Å². The highest BCUT2D eigenvalue weighted by Gasteiger charge is 2.07. The number of aryl methyl sites for hydroxylation is 2. The van der Waals surface area contributed by atoms with Crippen LogP contribution >= 0.6 is 0 Å². The zero-order valence-corrected chi connectivity index (χ0v) is 12.5. The van der Waals surface area contributed by atoms with Crippen LogP contribution in [0.15, 0.2) is 6.07 Å². The Kier molecular flexibility index (Phi) is 7.63. The molecule has 5 heteroatoms. The maximum Gasteiger partial charge on any atom is 0.144 e. The smallest absolute Gasteiger partial charge is 0.144 e. The van der Waals surface area contributed by atoms with Gasteiger partial charge in [0.15, 0.2) is 0 Å². The normalized spacial score (nSPS) is 10.3. The van der Waals surface area contributed by atoms with Gasteiger partial charge in [-0.2, -0.15) is 5.26 Å². The maximum absolute atomic E-state index is 9.15. The lowest BCUT2D eigenvalue weighted by atomic mass is 10.1. The predicted octanol–water partition coefficient (Wildman–Crippen LogP) is 2.43. The number of hydrogen-bond acceptors (Lipinski definition) is 5. The van der Waals surface area contributed by atoms with Gasteiger partial charge in [-0.3, -0.25) is 0 Å². The van der Waals surface area contributed by atoms with E-state index < -0.39 is 0 Å². The van der Waals surface area contributed by atoms with Gasteiger partial charge in [0.2, 0.25) is 0 Å². The molecule has 110 valence electrons. The van der Waals surface area contributed by atoms with Crippen molar-refractivity contribution < 1.29 is 9.47 Å². The Labute approximate surface area is 120 Å². The Morgan fingerprint density at radius 1 is 1.25 bits per heavy atom. The van der Waals surface area contributed by atoms with Gasteiger partial charge in [-0.25, -0.2) is 4.98 Å². The molecule has 1 aromatic heterocycles. The van der Waals surface area contributed by atoms with Gasteiger partial charge in [0, 0.05) is 26.0 Å². The molecule has 0 aliphatic carbocycles. The van der Waals surface area contributed by atoms with E-state index in [1.165, 1.54) is 0 Å². The fourth-order valence-electron chi connectivity index (χ4n) is 1.89. The summed E-state index contributed by atoms with van der Waals surface area (Å²) in [7, 11) is 1.66. The van der Waals surface area contributed by atoms with Crippen LogP contribution in [0, 0.1) is 25.2 Å². The summed E-state index contributed by atoms with van der Waals surface area (Å²) in [5.41, 5.74) is 2.52. The van der Waals surface area contributed by atoms with E-state index in [1.54, 1.807) is 7.11 Å². The molecule has 0 fully saturated rings. The third-order valence-electron chi connectivity index (χ3n) is 2.90. The van der Waals surface area contributed by atoms with Crippen LogP contribution in [0.4, 0.5) is 5.82 Å². The number of aromatic nitrogens is 1. The Bertz CT molecular complexity index is 455. The Balaban J connectivity index is 2.30. The van der Waals surface area contributed by atoms with E-state index in [2.05, 4.69) is 16.4 Å². The minimum absolute atomic E-state index is 0.631. The predicted molar refractivity (Wildman–Crippen MR) is 78.8 cm³/mol. The molecule has 1 N–H and O–H groups in total. The monoisotopic (exact) mass is 277 g/mol. The van der Waals surface area contributed by atoms with E-state index >= 15 is 0 Å². The Hall–Kier alpha value is -1.64. The molecule has 0 spiro atoms. The van der Waals surface area contributed by atoms with Gasteiger partial charge in [-0.05, 0) is 38.3 Å². The Morgan fingerprint density at radius 3 is 2.75 bits per heavy atom. The number of hydrogen-bond donors (Lipinski definition) is 1. The van der Waals surface area contributed by atoms with E-state index in [0.717, 1.165) is 37.3 Å². The van der Waals surface area contributed by atoms with Gasteiger partial charge in [0.25, 0.3) is 0 Å². The van der Waals surface area contributed by atoms with E-state index in [0.29, 0.717) is 24.6 Å². The molecule has 5 nitrogen and oxygen atoms in total. The SMILES string of the molecule is COCCOCCCCNc1nc(C)cc(C)c1C#N. The summed E-state index contributed by atoms with van der Waals surface area (Å²) in [5.74, 6) is 0.685. The molecule has 0 saturated heterocycles. The summed E-state index contributed by atoms with van der Waals surface area (Å²) in [5, 5.41) is 12.4. The first-order chi connectivity index (χ1) is 9.69. The number of rotatable bonds is 9. The molecule has 0 aromatic carbocycles. The van der Waals surface area contributed by atoms with E-state index in [-0.39, 0.29) is 0 Å². The number of ether oxygens (including phenoxy) is 2. The minimum Gasteiger partial charge on any atom is -0.382 e. The minimum atomic E-state index is 0.631. The van der Waals surface area contributed by atoms with Crippen LogP contribution in [0.25, 0.3) is 0 Å². The highest BCUT2D eigenvalue weighted by molar-refractivity contribution is 5.56. The van der Waals surface area contributed by atoms with Crippen molar-refractivity contribution in [2.75, 3.05) is 38.8 Å². The van der Waals surface area contributed by atoms with Crippen LogP contribution in [0.1, 0.15) is 29.7 Å². The van der Waals surface area contributed by atoms with E-state index in [9.17, 15) is 0 Å². The first-order valence-electron chi connectivity index (χ1n) is 6.88. The number of nitrogens with one attached hydrogen (secondary N) is 1. The molecule has 0 unspecified atom stereocenters. The van der Waals surface area contributed by atoms with Gasteiger partial charge in [0.1, 0.15) is 11.9 Å². The largest absolute Gasteiger partial charge is 0.382 e. The molecule has 0 aliphatic heterocycles. The molecule has 1 rings (SSSR count). The quantitative estimate of drug-likeness (QED) is 0.702. The van der Waals surface area contributed by atoms with Crippen LogP contribution in [0.3, 0.4) is 0 Å². The number of pyridine rings is 1. The molecule has 0 amide bonds. The van der Waals surface area contributed by atoms with Gasteiger partial charge in [-0.15, -0.1) is 0 Å². The second kappa shape index (κ2) is 9.29. The number of unbranched alkanes of at least 4 members (excludes halogenated alkanes) is 1. The number of methoxy groups -OCH3 is 1. The summed E-state index contributed by atoms with van der Waals surface area (Å²) < 4.78 is 10.3. The van der Waals surface area contributed by atoms with E-state index in [4.69, 9.17) is 14.7 Å². The number of anilines is 1. The molecule has 0 bridgehead atoms. The van der Waals surface area contributed by atoms with Crippen molar-refractivity contribution in [1.29, 1.82) is 5.26 Å². The van der Waals surface area contributed by atoms with Crippen molar-refractivity contribution in [3.8, 4) is 6.07 Å². The van der Waals surface area contributed by atoms with Crippen LogP contribution in [-0.4, -0.2) is 38.5 Å². The fraction of sp³-hybridized carbons (Fsp3) is 0.600. The number of nitriles is 1. The zero-order chi connectivity index (χ0) is 14.8. The van der Waals surface area contributed by atoms with Crippen LogP contribution in [0.5, 0.6) is 0 Å². The highest BCUT2D eigenvalue weighted by atomic mass is 16.5. The van der Waals surface area contributed by atoms with Crippen LogP contribution < -0.4 is 5.32 Å². The maximum atomic E-state index is 9.15. The van der Waals surface area contributed by atoms with Gasteiger partial charge in [-0.1, -0.05) is 0 Å². The average Bonchev–Trinajstić information content (AvgIpc) is 2.41. The fourth-order valence-corrected chi connectivity index (χ4v) is 1.89. The molecule has 1 aromatic rings. The summed E-state index contributed by atoms with van der Waals surface area (Å²) >= 11 is 0. The molecule has 0 radical (unpaired) electrons. The van der Waals surface area contributed by atoms with Crippen LogP contribution in [-0.2, 0) is 9.47 Å². The third kappa shape index (κ3) is 5.55. The first kappa shape index (κ1) is 16.4. The van der Waals surface area contributed by atoms with Crippen molar-refractivity contribution in [3.05, 3.63) is 22.9 Å². The molecule has 0 aliphatic rings. The lowest BCUT2D eigenvalue weighted by Crippen LogP contribution is -2.09. The summed E-state index contributed by atoms with van der Waals surface area (Å²) in [6.07, 6.45) is 1.95. The number of nitrogens with zero attached hydrogens (tertiary/aromatic N) is 2. The van der Waals surface area contributed by atoms with Crippen molar-refractivity contribution in [3.63, 3.8) is 0 Å². The second-order valence-corrected chi connectivity index (χ2v) is 4.66. The van der Waals surface area contributed by atoms with Crippen LogP contribution in [0.2, 0.25) is 0 Å². The molecule has 1 heterocycles. The molecule has 0 saturated carbocycles. The lowest BCUT2D eigenvalue weighted by Gasteiger charge is -2.10. The van der Waals surface area contributed by atoms with E-state index in [1.807, 2.05) is 19.9 Å². The molecule has 0 atom stereocenters. The lowest BCUT2D eigenvalue weighted by molar-refractivity contribution is 0.0691. The van der Waals surface area contributed by atoms with Crippen molar-refractivity contribution in [1.82, 2.24) is 4.98 Å². The molecular weight excluding hydrogens is 254 g/mol. The Morgan fingerprint density at radius 2 is 2.05 bits per heavy atom. The van der Waals surface area contributed by atoms with Gasteiger partial charge >= 0.3 is 0 Å². The van der Waals surface area contributed by atoms with Crippen molar-refractivity contribution in [2.24, 2.45) is 0 Å².